The Hall–Kier alpha value is -1.20. The van der Waals surface area contributed by atoms with E-state index in [1.807, 2.05) is 12.3 Å². The van der Waals surface area contributed by atoms with Crippen LogP contribution in [0.3, 0.4) is 0 Å². The van der Waals surface area contributed by atoms with Gasteiger partial charge in [0.2, 0.25) is 0 Å². The van der Waals surface area contributed by atoms with Gasteiger partial charge in [-0.05, 0) is 23.9 Å². The molecule has 0 atom stereocenters. The van der Waals surface area contributed by atoms with Gasteiger partial charge >= 0.3 is 0 Å². The Morgan fingerprint density at radius 1 is 1.62 bits per heavy atom. The maximum atomic E-state index is 5.42. The van der Waals surface area contributed by atoms with Crippen LogP contribution in [0, 0.1) is 6.92 Å². The first-order valence-electron chi connectivity index (χ1n) is 3.97. The van der Waals surface area contributed by atoms with E-state index in [0.717, 1.165) is 16.5 Å². The van der Waals surface area contributed by atoms with E-state index in [1.165, 1.54) is 5.56 Å². The second-order valence-corrected chi connectivity index (χ2v) is 3.66. The molecule has 0 aliphatic rings. The van der Waals surface area contributed by atoms with Gasteiger partial charge in [-0.25, -0.2) is 4.98 Å². The Morgan fingerprint density at radius 2 is 2.46 bits per heavy atom. The molecule has 0 unspecified atom stereocenters. The Morgan fingerprint density at radius 3 is 3.00 bits per heavy atom. The third-order valence-electron chi connectivity index (χ3n) is 1.79. The Bertz CT molecular complexity index is 404. The molecule has 13 heavy (non-hydrogen) atoms. The SMILES string of the molecule is Cc1ccsc1-c1n[nH]c(CN)n1. The second kappa shape index (κ2) is 3.27. The minimum Gasteiger partial charge on any atom is -0.324 e. The van der Waals surface area contributed by atoms with Gasteiger partial charge in [0.25, 0.3) is 0 Å². The largest absolute Gasteiger partial charge is 0.324 e. The molecular formula is C8H10N4S. The summed E-state index contributed by atoms with van der Waals surface area (Å²) in [5.74, 6) is 1.47. The van der Waals surface area contributed by atoms with Crippen molar-refractivity contribution >= 4 is 11.3 Å². The molecule has 68 valence electrons. The summed E-state index contributed by atoms with van der Waals surface area (Å²) in [6, 6.07) is 2.05. The van der Waals surface area contributed by atoms with Crippen molar-refractivity contribution in [3.63, 3.8) is 0 Å². The molecule has 4 nitrogen and oxygen atoms in total. The van der Waals surface area contributed by atoms with Crippen molar-refractivity contribution in [1.82, 2.24) is 15.2 Å². The van der Waals surface area contributed by atoms with Gasteiger partial charge in [0.1, 0.15) is 5.82 Å². The normalized spacial score (nSPS) is 10.6. The van der Waals surface area contributed by atoms with E-state index in [0.29, 0.717) is 6.54 Å². The molecule has 0 bridgehead atoms. The van der Waals surface area contributed by atoms with Crippen LogP contribution < -0.4 is 5.73 Å². The lowest BCUT2D eigenvalue weighted by Crippen LogP contribution is -1.97. The molecule has 0 aliphatic carbocycles. The first-order valence-corrected chi connectivity index (χ1v) is 4.85. The van der Waals surface area contributed by atoms with Crippen LogP contribution in [0.1, 0.15) is 11.4 Å². The van der Waals surface area contributed by atoms with Crippen LogP contribution >= 0.6 is 11.3 Å². The summed E-state index contributed by atoms with van der Waals surface area (Å²) in [6.07, 6.45) is 0. The van der Waals surface area contributed by atoms with E-state index in [-0.39, 0.29) is 0 Å². The van der Waals surface area contributed by atoms with Gasteiger partial charge in [-0.3, -0.25) is 5.10 Å². The van der Waals surface area contributed by atoms with E-state index in [4.69, 9.17) is 5.73 Å². The van der Waals surface area contributed by atoms with Crippen molar-refractivity contribution in [3.05, 3.63) is 22.8 Å². The van der Waals surface area contributed by atoms with Crippen LogP contribution in [0.4, 0.5) is 0 Å². The molecule has 0 aromatic carbocycles. The molecule has 5 heteroatoms. The van der Waals surface area contributed by atoms with E-state index in [2.05, 4.69) is 21.2 Å². The first-order chi connectivity index (χ1) is 6.31. The second-order valence-electron chi connectivity index (χ2n) is 2.74. The summed E-state index contributed by atoms with van der Waals surface area (Å²) in [7, 11) is 0. The van der Waals surface area contributed by atoms with Crippen molar-refractivity contribution in [3.8, 4) is 10.7 Å². The summed E-state index contributed by atoms with van der Waals surface area (Å²) in [5.41, 5.74) is 6.63. The Labute approximate surface area is 79.8 Å². The zero-order chi connectivity index (χ0) is 9.26. The van der Waals surface area contributed by atoms with E-state index < -0.39 is 0 Å². The van der Waals surface area contributed by atoms with Crippen LogP contribution in [0.15, 0.2) is 11.4 Å². The van der Waals surface area contributed by atoms with Gasteiger partial charge in [-0.15, -0.1) is 11.3 Å². The summed E-state index contributed by atoms with van der Waals surface area (Å²) in [4.78, 5) is 5.36. The van der Waals surface area contributed by atoms with Crippen molar-refractivity contribution in [1.29, 1.82) is 0 Å². The summed E-state index contributed by atoms with van der Waals surface area (Å²) < 4.78 is 0. The number of aromatic amines is 1. The lowest BCUT2D eigenvalue weighted by atomic mass is 10.3. The molecule has 0 radical (unpaired) electrons. The number of aryl methyl sites for hydroxylation is 1. The van der Waals surface area contributed by atoms with E-state index in [9.17, 15) is 0 Å². The van der Waals surface area contributed by atoms with Gasteiger partial charge in [0, 0.05) is 0 Å². The Kier molecular flexibility index (Phi) is 2.12. The third kappa shape index (κ3) is 1.48. The lowest BCUT2D eigenvalue weighted by Gasteiger charge is -1.89. The van der Waals surface area contributed by atoms with Gasteiger partial charge in [0.15, 0.2) is 5.82 Å². The van der Waals surface area contributed by atoms with Gasteiger partial charge in [-0.2, -0.15) is 5.10 Å². The molecular weight excluding hydrogens is 184 g/mol. The molecule has 2 rings (SSSR count). The van der Waals surface area contributed by atoms with Gasteiger partial charge in [-0.1, -0.05) is 0 Å². The van der Waals surface area contributed by atoms with Crippen molar-refractivity contribution < 1.29 is 0 Å². The summed E-state index contributed by atoms with van der Waals surface area (Å²) in [5, 5.41) is 8.91. The molecule has 0 saturated carbocycles. The van der Waals surface area contributed by atoms with Crippen LogP contribution in [0.25, 0.3) is 10.7 Å². The van der Waals surface area contributed by atoms with Crippen LogP contribution in [0.5, 0.6) is 0 Å². The number of hydrogen-bond acceptors (Lipinski definition) is 4. The van der Waals surface area contributed by atoms with Crippen molar-refractivity contribution in [2.45, 2.75) is 13.5 Å². The van der Waals surface area contributed by atoms with Crippen LogP contribution in [-0.4, -0.2) is 15.2 Å². The maximum absolute atomic E-state index is 5.42. The molecule has 0 fully saturated rings. The fourth-order valence-electron chi connectivity index (χ4n) is 1.09. The highest BCUT2D eigenvalue weighted by Crippen LogP contribution is 2.25. The third-order valence-corrected chi connectivity index (χ3v) is 2.80. The average molecular weight is 194 g/mol. The number of hydrogen-bond donors (Lipinski definition) is 2. The molecule has 2 aromatic rings. The lowest BCUT2D eigenvalue weighted by molar-refractivity contribution is 0.917. The quantitative estimate of drug-likeness (QED) is 0.757. The zero-order valence-corrected chi connectivity index (χ0v) is 8.06. The zero-order valence-electron chi connectivity index (χ0n) is 7.24. The molecule has 2 heterocycles. The van der Waals surface area contributed by atoms with Crippen molar-refractivity contribution in [2.24, 2.45) is 5.73 Å². The molecule has 0 saturated heterocycles. The van der Waals surface area contributed by atoms with Gasteiger partial charge < -0.3 is 5.73 Å². The summed E-state index contributed by atoms with van der Waals surface area (Å²) >= 11 is 1.64. The molecule has 0 amide bonds. The van der Waals surface area contributed by atoms with Gasteiger partial charge in [0.05, 0.1) is 11.4 Å². The van der Waals surface area contributed by atoms with Crippen LogP contribution in [0.2, 0.25) is 0 Å². The highest BCUT2D eigenvalue weighted by molar-refractivity contribution is 7.13. The van der Waals surface area contributed by atoms with Crippen molar-refractivity contribution in [2.75, 3.05) is 0 Å². The fourth-order valence-corrected chi connectivity index (χ4v) is 1.95. The predicted octanol–water partition coefficient (Wildman–Crippen LogP) is 1.30. The average Bonchev–Trinajstić information content (AvgIpc) is 2.71. The van der Waals surface area contributed by atoms with E-state index in [1.54, 1.807) is 11.3 Å². The number of nitrogens with zero attached hydrogens (tertiary/aromatic N) is 2. The highest BCUT2D eigenvalue weighted by Gasteiger charge is 2.08. The smallest absolute Gasteiger partial charge is 0.191 e. The molecule has 0 spiro atoms. The standard InChI is InChI=1S/C8H10N4S/c1-5-2-3-13-7(5)8-10-6(4-9)11-12-8/h2-3H,4,9H2,1H3,(H,10,11,12). The molecule has 3 N–H and O–H groups in total. The summed E-state index contributed by atoms with van der Waals surface area (Å²) in [6.45, 7) is 2.45. The molecule has 0 aliphatic heterocycles. The molecule has 2 aromatic heterocycles. The monoisotopic (exact) mass is 194 g/mol. The Balaban J connectivity index is 2.41. The van der Waals surface area contributed by atoms with Crippen LogP contribution in [-0.2, 0) is 6.54 Å². The topological polar surface area (TPSA) is 67.6 Å². The van der Waals surface area contributed by atoms with E-state index >= 15 is 0 Å². The minimum absolute atomic E-state index is 0.400. The predicted molar refractivity (Wildman–Crippen MR) is 52.3 cm³/mol. The maximum Gasteiger partial charge on any atom is 0.191 e. The number of H-pyrrole nitrogens is 1. The highest BCUT2D eigenvalue weighted by atomic mass is 32.1. The number of nitrogens with two attached hydrogens (primary N) is 1. The number of thiophene rings is 1. The first kappa shape index (κ1) is 8.40. The minimum atomic E-state index is 0.400. The number of aromatic nitrogens is 3. The fraction of sp³-hybridized carbons (Fsp3) is 0.250. The number of nitrogens with one attached hydrogen (secondary N) is 1. The number of rotatable bonds is 2.